The Labute approximate surface area is 155 Å². The molecule has 3 aromatic rings. The Hall–Kier alpha value is -3.02. The highest BCUT2D eigenvalue weighted by Crippen LogP contribution is 2.27. The fourth-order valence-electron chi connectivity index (χ4n) is 3.72. The van der Waals surface area contributed by atoms with Gasteiger partial charge in [-0.15, -0.1) is 0 Å². The van der Waals surface area contributed by atoms with Gasteiger partial charge >= 0.3 is 0 Å². The molecule has 1 N–H and O–H groups in total. The first-order valence-electron chi connectivity index (χ1n) is 9.14. The number of para-hydroxylation sites is 1. The molecule has 4 rings (SSSR count). The fourth-order valence-corrected chi connectivity index (χ4v) is 3.72. The average Bonchev–Trinajstić information content (AvgIpc) is 3.19. The lowest BCUT2D eigenvalue weighted by molar-refractivity contribution is -0.119. The molecule has 0 spiro atoms. The van der Waals surface area contributed by atoms with Gasteiger partial charge in [0.1, 0.15) is 11.6 Å². The predicted octanol–water partition coefficient (Wildman–Crippen LogP) is 3.96. The van der Waals surface area contributed by atoms with Crippen molar-refractivity contribution in [3.63, 3.8) is 0 Å². The average molecular weight is 365 g/mol. The molecule has 0 saturated heterocycles. The second-order valence-corrected chi connectivity index (χ2v) is 6.95. The van der Waals surface area contributed by atoms with Gasteiger partial charge in [0.2, 0.25) is 5.91 Å². The third-order valence-corrected chi connectivity index (χ3v) is 5.14. The van der Waals surface area contributed by atoms with Crippen LogP contribution in [0.25, 0.3) is 16.6 Å². The van der Waals surface area contributed by atoms with E-state index in [1.165, 1.54) is 22.8 Å². The van der Waals surface area contributed by atoms with Crippen LogP contribution in [0.5, 0.6) is 0 Å². The molecule has 1 aliphatic rings. The molecule has 0 aliphatic heterocycles. The van der Waals surface area contributed by atoms with E-state index in [0.717, 1.165) is 25.7 Å². The van der Waals surface area contributed by atoms with Crippen LogP contribution in [0, 0.1) is 18.7 Å². The summed E-state index contributed by atoms with van der Waals surface area (Å²) >= 11 is 0. The number of nitrogens with one attached hydrogen (secondary N) is 1. The molecule has 1 aromatic heterocycles. The number of carbonyl (C=O) groups is 1. The number of halogens is 1. The molecule has 0 radical (unpaired) electrons. The first kappa shape index (κ1) is 17.4. The van der Waals surface area contributed by atoms with E-state index in [2.05, 4.69) is 10.3 Å². The molecular formula is C21H20FN3O2. The summed E-state index contributed by atoms with van der Waals surface area (Å²) in [5.41, 5.74) is 0.952. The molecule has 5 nitrogen and oxygen atoms in total. The number of anilines is 1. The minimum Gasteiger partial charge on any atom is -0.323 e. The molecule has 6 heteroatoms. The van der Waals surface area contributed by atoms with Crippen LogP contribution >= 0.6 is 0 Å². The lowest BCUT2D eigenvalue weighted by Crippen LogP contribution is -2.23. The van der Waals surface area contributed by atoms with Crippen molar-refractivity contribution in [3.8, 4) is 5.69 Å². The first-order valence-corrected chi connectivity index (χ1v) is 9.14. The van der Waals surface area contributed by atoms with E-state index >= 15 is 0 Å². The standard InChI is InChI=1S/C21H20FN3O2/c1-13-23-18-9-5-4-8-16(18)21(27)25(13)15-10-11-17(22)19(12-15)24-20(26)14-6-2-3-7-14/h4-5,8-12,14H,2-3,6-7H2,1H3,(H,24,26). The van der Waals surface area contributed by atoms with Crippen molar-refractivity contribution >= 4 is 22.5 Å². The monoisotopic (exact) mass is 365 g/mol. The molecule has 1 amide bonds. The van der Waals surface area contributed by atoms with Gasteiger partial charge in [-0.25, -0.2) is 9.37 Å². The molecule has 0 atom stereocenters. The van der Waals surface area contributed by atoms with Crippen LogP contribution in [0.2, 0.25) is 0 Å². The number of aryl methyl sites for hydroxylation is 1. The summed E-state index contributed by atoms with van der Waals surface area (Å²) in [5.74, 6) is -0.257. The fraction of sp³-hybridized carbons (Fsp3) is 0.286. The Kier molecular flexibility index (Phi) is 4.48. The summed E-state index contributed by atoms with van der Waals surface area (Å²) in [5, 5.41) is 3.18. The maximum absolute atomic E-state index is 14.3. The highest BCUT2D eigenvalue weighted by Gasteiger charge is 2.23. The second kappa shape index (κ2) is 6.95. The Morgan fingerprint density at radius 1 is 1.19 bits per heavy atom. The zero-order valence-corrected chi connectivity index (χ0v) is 15.0. The summed E-state index contributed by atoms with van der Waals surface area (Å²) in [6.45, 7) is 1.73. The minimum atomic E-state index is -0.524. The van der Waals surface area contributed by atoms with E-state index in [9.17, 15) is 14.0 Å². The molecule has 1 heterocycles. The minimum absolute atomic E-state index is 0.0696. The maximum Gasteiger partial charge on any atom is 0.265 e. The SMILES string of the molecule is Cc1nc2ccccc2c(=O)n1-c1ccc(F)c(NC(=O)C2CCCC2)c1. The third-order valence-electron chi connectivity index (χ3n) is 5.14. The van der Waals surface area contributed by atoms with E-state index in [-0.39, 0.29) is 23.1 Å². The number of aromatic nitrogens is 2. The number of carbonyl (C=O) groups excluding carboxylic acids is 1. The van der Waals surface area contributed by atoms with Crippen molar-refractivity contribution in [2.75, 3.05) is 5.32 Å². The van der Waals surface area contributed by atoms with Crippen LogP contribution in [0.1, 0.15) is 31.5 Å². The van der Waals surface area contributed by atoms with Gasteiger partial charge < -0.3 is 5.32 Å². The lowest BCUT2D eigenvalue weighted by atomic mass is 10.1. The van der Waals surface area contributed by atoms with Crippen molar-refractivity contribution in [2.24, 2.45) is 5.92 Å². The molecular weight excluding hydrogens is 345 g/mol. The zero-order valence-electron chi connectivity index (χ0n) is 15.0. The Bertz CT molecular complexity index is 1080. The summed E-state index contributed by atoms with van der Waals surface area (Å²) in [6.07, 6.45) is 3.72. The van der Waals surface area contributed by atoms with Gasteiger partial charge in [-0.3, -0.25) is 14.2 Å². The van der Waals surface area contributed by atoms with Crippen LogP contribution in [-0.2, 0) is 4.79 Å². The van der Waals surface area contributed by atoms with Gasteiger partial charge in [0.15, 0.2) is 0 Å². The van der Waals surface area contributed by atoms with E-state index < -0.39 is 5.82 Å². The molecule has 138 valence electrons. The number of benzene rings is 2. The van der Waals surface area contributed by atoms with Gasteiger partial charge in [0.25, 0.3) is 5.56 Å². The number of rotatable bonds is 3. The number of fused-ring (bicyclic) bond motifs is 1. The van der Waals surface area contributed by atoms with Crippen molar-refractivity contribution in [2.45, 2.75) is 32.6 Å². The van der Waals surface area contributed by atoms with Gasteiger partial charge in [0, 0.05) is 5.92 Å². The molecule has 27 heavy (non-hydrogen) atoms. The van der Waals surface area contributed by atoms with Gasteiger partial charge in [-0.1, -0.05) is 25.0 Å². The summed E-state index contributed by atoms with van der Waals surface area (Å²) < 4.78 is 15.7. The molecule has 0 unspecified atom stereocenters. The second-order valence-electron chi connectivity index (χ2n) is 6.95. The molecule has 1 fully saturated rings. The summed E-state index contributed by atoms with van der Waals surface area (Å²) in [4.78, 5) is 29.8. The topological polar surface area (TPSA) is 64.0 Å². The van der Waals surface area contributed by atoms with E-state index in [4.69, 9.17) is 0 Å². The van der Waals surface area contributed by atoms with E-state index in [1.54, 1.807) is 25.1 Å². The third kappa shape index (κ3) is 3.23. The van der Waals surface area contributed by atoms with Crippen LogP contribution < -0.4 is 10.9 Å². The largest absolute Gasteiger partial charge is 0.323 e. The van der Waals surface area contributed by atoms with Gasteiger partial charge in [-0.2, -0.15) is 0 Å². The summed E-state index contributed by atoms with van der Waals surface area (Å²) in [7, 11) is 0. The van der Waals surface area contributed by atoms with Crippen molar-refractivity contribution in [3.05, 3.63) is 64.5 Å². The molecule has 2 aromatic carbocycles. The number of hydrogen-bond acceptors (Lipinski definition) is 3. The lowest BCUT2D eigenvalue weighted by Gasteiger charge is -2.14. The molecule has 1 saturated carbocycles. The molecule has 1 aliphatic carbocycles. The number of amides is 1. The highest BCUT2D eigenvalue weighted by molar-refractivity contribution is 5.93. The molecule has 0 bridgehead atoms. The predicted molar refractivity (Wildman–Crippen MR) is 103 cm³/mol. The zero-order chi connectivity index (χ0) is 19.0. The van der Waals surface area contributed by atoms with Crippen LogP contribution in [0.4, 0.5) is 10.1 Å². The first-order chi connectivity index (χ1) is 13.0. The van der Waals surface area contributed by atoms with Crippen LogP contribution in [0.3, 0.4) is 0 Å². The summed E-state index contributed by atoms with van der Waals surface area (Å²) in [6, 6.07) is 11.4. The highest BCUT2D eigenvalue weighted by atomic mass is 19.1. The van der Waals surface area contributed by atoms with Crippen LogP contribution in [0.15, 0.2) is 47.3 Å². The van der Waals surface area contributed by atoms with Crippen LogP contribution in [-0.4, -0.2) is 15.5 Å². The van der Waals surface area contributed by atoms with Gasteiger partial charge in [0.05, 0.1) is 22.3 Å². The quantitative estimate of drug-likeness (QED) is 0.764. The number of hydrogen-bond donors (Lipinski definition) is 1. The normalized spacial score (nSPS) is 14.6. The van der Waals surface area contributed by atoms with Crippen molar-refractivity contribution in [1.29, 1.82) is 0 Å². The Balaban J connectivity index is 1.76. The van der Waals surface area contributed by atoms with Crippen molar-refractivity contribution in [1.82, 2.24) is 9.55 Å². The van der Waals surface area contributed by atoms with E-state index in [1.807, 2.05) is 6.07 Å². The maximum atomic E-state index is 14.3. The number of nitrogens with zero attached hydrogens (tertiary/aromatic N) is 2. The smallest absolute Gasteiger partial charge is 0.265 e. The van der Waals surface area contributed by atoms with E-state index in [0.29, 0.717) is 22.4 Å². The Morgan fingerprint density at radius 3 is 2.70 bits per heavy atom. The van der Waals surface area contributed by atoms with Gasteiger partial charge in [-0.05, 0) is 50.1 Å². The van der Waals surface area contributed by atoms with Crippen molar-refractivity contribution < 1.29 is 9.18 Å². The Morgan fingerprint density at radius 2 is 1.93 bits per heavy atom.